The van der Waals surface area contributed by atoms with Gasteiger partial charge in [-0.05, 0) is 37.5 Å². The molecule has 18 heavy (non-hydrogen) atoms. The zero-order valence-corrected chi connectivity index (χ0v) is 11.7. The van der Waals surface area contributed by atoms with Gasteiger partial charge in [-0.15, -0.1) is 0 Å². The lowest BCUT2D eigenvalue weighted by Crippen LogP contribution is -2.55. The van der Waals surface area contributed by atoms with E-state index in [1.807, 2.05) is 0 Å². The lowest BCUT2D eigenvalue weighted by atomic mass is 9.76. The van der Waals surface area contributed by atoms with Crippen molar-refractivity contribution in [1.82, 2.24) is 5.32 Å². The van der Waals surface area contributed by atoms with E-state index in [-0.39, 0.29) is 24.0 Å². The van der Waals surface area contributed by atoms with Crippen LogP contribution in [0.5, 0.6) is 0 Å². The summed E-state index contributed by atoms with van der Waals surface area (Å²) in [6.45, 7) is 4.48. The first kappa shape index (κ1) is 13.9. The normalized spacial score (nSPS) is 40.7. The van der Waals surface area contributed by atoms with Gasteiger partial charge in [0.05, 0.1) is 12.1 Å². The number of carbonyl (C=O) groups is 1. The van der Waals surface area contributed by atoms with Crippen LogP contribution in [0.4, 0.5) is 0 Å². The van der Waals surface area contributed by atoms with Gasteiger partial charge in [-0.2, -0.15) is 0 Å². The van der Waals surface area contributed by atoms with Gasteiger partial charge in [0, 0.05) is 5.92 Å². The molecule has 2 saturated carbocycles. The van der Waals surface area contributed by atoms with Crippen LogP contribution in [0.3, 0.4) is 0 Å². The van der Waals surface area contributed by atoms with Crippen LogP contribution in [0.2, 0.25) is 0 Å². The first-order valence-corrected chi connectivity index (χ1v) is 7.49. The molecule has 2 fully saturated rings. The molecule has 0 aromatic carbocycles. The van der Waals surface area contributed by atoms with Gasteiger partial charge in [0.25, 0.3) is 0 Å². The van der Waals surface area contributed by atoms with Crippen LogP contribution >= 0.6 is 0 Å². The Labute approximate surface area is 110 Å². The fourth-order valence-corrected chi connectivity index (χ4v) is 3.85. The molecule has 0 radical (unpaired) electrons. The van der Waals surface area contributed by atoms with Gasteiger partial charge >= 0.3 is 0 Å². The second-order valence-electron chi connectivity index (χ2n) is 6.64. The second kappa shape index (κ2) is 5.60. The highest BCUT2D eigenvalue weighted by Crippen LogP contribution is 2.35. The molecule has 2 aliphatic carbocycles. The molecule has 0 heterocycles. The Morgan fingerprint density at radius 1 is 1.28 bits per heavy atom. The molecule has 0 aromatic heterocycles. The van der Waals surface area contributed by atoms with Gasteiger partial charge in [-0.25, -0.2) is 0 Å². The predicted octanol–water partition coefficient (Wildman–Crippen LogP) is 2.48. The van der Waals surface area contributed by atoms with Crippen molar-refractivity contribution in [1.29, 1.82) is 0 Å². The maximum Gasteiger partial charge on any atom is 0.223 e. The zero-order valence-electron chi connectivity index (χ0n) is 11.7. The summed E-state index contributed by atoms with van der Waals surface area (Å²) in [7, 11) is 0. The highest BCUT2D eigenvalue weighted by Gasteiger charge is 2.39. The number of amides is 1. The summed E-state index contributed by atoms with van der Waals surface area (Å²) in [5, 5.41) is 12.9. The van der Waals surface area contributed by atoms with Gasteiger partial charge in [0.15, 0.2) is 0 Å². The second-order valence-corrected chi connectivity index (χ2v) is 6.64. The summed E-state index contributed by atoms with van der Waals surface area (Å²) < 4.78 is 0. The lowest BCUT2D eigenvalue weighted by molar-refractivity contribution is -0.129. The number of nitrogens with one attached hydrogen (secondary N) is 1. The van der Waals surface area contributed by atoms with E-state index in [1.165, 1.54) is 19.3 Å². The number of hydrogen-bond donors (Lipinski definition) is 2. The number of rotatable bonds is 3. The first-order valence-electron chi connectivity index (χ1n) is 7.49. The standard InChI is InChI=1S/C15H27NO2/c1-11-5-4-8-15(9-11,10-17)16-14(18)13-7-3-6-12(13)2/h11-13,17H,3-10H2,1-2H3,(H,16,18). The molecule has 0 saturated heterocycles. The molecule has 0 aliphatic heterocycles. The quantitative estimate of drug-likeness (QED) is 0.812. The Bertz CT molecular complexity index is 305. The Balaban J connectivity index is 1.99. The molecular weight excluding hydrogens is 226 g/mol. The minimum absolute atomic E-state index is 0.0875. The van der Waals surface area contributed by atoms with E-state index in [9.17, 15) is 9.90 Å². The monoisotopic (exact) mass is 253 g/mol. The van der Waals surface area contributed by atoms with Crippen molar-refractivity contribution in [2.24, 2.45) is 17.8 Å². The van der Waals surface area contributed by atoms with Gasteiger partial charge < -0.3 is 10.4 Å². The maximum absolute atomic E-state index is 12.4. The smallest absolute Gasteiger partial charge is 0.223 e. The summed E-state index contributed by atoms with van der Waals surface area (Å²) in [6.07, 6.45) is 7.54. The number of aliphatic hydroxyl groups excluding tert-OH is 1. The van der Waals surface area contributed by atoms with Crippen molar-refractivity contribution in [2.45, 2.75) is 64.3 Å². The molecule has 4 unspecified atom stereocenters. The Morgan fingerprint density at radius 3 is 2.61 bits per heavy atom. The van der Waals surface area contributed by atoms with E-state index in [4.69, 9.17) is 0 Å². The van der Waals surface area contributed by atoms with Crippen LogP contribution in [-0.2, 0) is 4.79 Å². The van der Waals surface area contributed by atoms with Crippen molar-refractivity contribution in [3.8, 4) is 0 Å². The van der Waals surface area contributed by atoms with Crippen LogP contribution in [0.25, 0.3) is 0 Å². The van der Waals surface area contributed by atoms with Crippen molar-refractivity contribution in [3.63, 3.8) is 0 Å². The number of aliphatic hydroxyl groups is 1. The SMILES string of the molecule is CC1CCCC(CO)(NC(=O)C2CCCC2C)C1. The van der Waals surface area contributed by atoms with Crippen LogP contribution in [-0.4, -0.2) is 23.2 Å². The summed E-state index contributed by atoms with van der Waals surface area (Å²) in [6, 6.07) is 0. The van der Waals surface area contributed by atoms with E-state index in [0.717, 1.165) is 25.7 Å². The summed E-state index contributed by atoms with van der Waals surface area (Å²) in [5.74, 6) is 1.46. The Hall–Kier alpha value is -0.570. The fraction of sp³-hybridized carbons (Fsp3) is 0.933. The van der Waals surface area contributed by atoms with Crippen molar-refractivity contribution >= 4 is 5.91 Å². The molecule has 0 bridgehead atoms. The molecule has 3 nitrogen and oxygen atoms in total. The fourth-order valence-electron chi connectivity index (χ4n) is 3.85. The van der Waals surface area contributed by atoms with Crippen molar-refractivity contribution < 1.29 is 9.90 Å². The van der Waals surface area contributed by atoms with E-state index >= 15 is 0 Å². The van der Waals surface area contributed by atoms with Crippen molar-refractivity contribution in [3.05, 3.63) is 0 Å². The zero-order chi connectivity index (χ0) is 13.2. The van der Waals surface area contributed by atoms with Crippen LogP contribution in [0.15, 0.2) is 0 Å². The molecule has 2 N–H and O–H groups in total. The predicted molar refractivity (Wildman–Crippen MR) is 72.1 cm³/mol. The summed E-state index contributed by atoms with van der Waals surface area (Å²) in [4.78, 5) is 12.4. The molecule has 104 valence electrons. The van der Waals surface area contributed by atoms with Gasteiger partial charge in [-0.1, -0.05) is 33.1 Å². The molecule has 4 atom stereocenters. The lowest BCUT2D eigenvalue weighted by Gasteiger charge is -2.40. The van der Waals surface area contributed by atoms with E-state index < -0.39 is 0 Å². The molecule has 2 aliphatic rings. The average Bonchev–Trinajstić information content (AvgIpc) is 2.75. The minimum atomic E-state index is -0.336. The third-order valence-electron chi connectivity index (χ3n) is 4.98. The maximum atomic E-state index is 12.4. The topological polar surface area (TPSA) is 49.3 Å². The van der Waals surface area contributed by atoms with E-state index in [2.05, 4.69) is 19.2 Å². The molecule has 0 aromatic rings. The third kappa shape index (κ3) is 2.87. The Kier molecular flexibility index (Phi) is 4.31. The first-order chi connectivity index (χ1) is 8.56. The third-order valence-corrected chi connectivity index (χ3v) is 4.98. The molecule has 2 rings (SSSR count). The van der Waals surface area contributed by atoms with E-state index in [0.29, 0.717) is 11.8 Å². The van der Waals surface area contributed by atoms with Crippen LogP contribution in [0.1, 0.15) is 58.8 Å². The highest BCUT2D eigenvalue weighted by molar-refractivity contribution is 5.80. The highest BCUT2D eigenvalue weighted by atomic mass is 16.3. The molecule has 0 spiro atoms. The van der Waals surface area contributed by atoms with Gasteiger partial charge in [0.1, 0.15) is 0 Å². The van der Waals surface area contributed by atoms with Crippen LogP contribution in [0, 0.1) is 17.8 Å². The molecule has 3 heteroatoms. The van der Waals surface area contributed by atoms with Gasteiger partial charge in [-0.3, -0.25) is 4.79 Å². The van der Waals surface area contributed by atoms with Gasteiger partial charge in [0.2, 0.25) is 5.91 Å². The van der Waals surface area contributed by atoms with E-state index in [1.54, 1.807) is 0 Å². The van der Waals surface area contributed by atoms with Crippen LogP contribution < -0.4 is 5.32 Å². The van der Waals surface area contributed by atoms with Crippen molar-refractivity contribution in [2.75, 3.05) is 6.61 Å². The number of carbonyl (C=O) groups excluding carboxylic acids is 1. The number of hydrogen-bond acceptors (Lipinski definition) is 2. The summed E-state index contributed by atoms with van der Waals surface area (Å²) >= 11 is 0. The largest absolute Gasteiger partial charge is 0.394 e. The minimum Gasteiger partial charge on any atom is -0.394 e. The molecule has 1 amide bonds. The molecular formula is C15H27NO2. The summed E-state index contributed by atoms with van der Waals surface area (Å²) in [5.41, 5.74) is -0.336. The Morgan fingerprint density at radius 2 is 2.06 bits per heavy atom. The average molecular weight is 253 g/mol.